The van der Waals surface area contributed by atoms with Crippen LogP contribution in [-0.4, -0.2) is 21.1 Å². The van der Waals surface area contributed by atoms with Gasteiger partial charge in [0, 0.05) is 65.6 Å². The molecule has 0 unspecified atom stereocenters. The van der Waals surface area contributed by atoms with Crippen LogP contribution in [0.3, 0.4) is 0 Å². The fraction of sp³-hybridized carbons (Fsp3) is 0.357. The zero-order chi connectivity index (χ0) is 12.1. The first-order valence-electron chi connectivity index (χ1n) is 5.07. The Morgan fingerprint density at radius 2 is 1.47 bits per heavy atom. The molecule has 3 heteroatoms. The molecule has 0 saturated heterocycles. The average Bonchev–Trinajstić information content (AvgIpc) is 2.33. The smallest absolute Gasteiger partial charge is 0.0360 e. The van der Waals surface area contributed by atoms with Gasteiger partial charge in [-0.25, -0.2) is 0 Å². The van der Waals surface area contributed by atoms with Gasteiger partial charge in [0.2, 0.25) is 0 Å². The molecule has 95 valence electrons. The van der Waals surface area contributed by atoms with Crippen molar-refractivity contribution in [2.45, 2.75) is 13.8 Å². The maximum atomic E-state index is 4.67. The topological polar surface area (TPSA) is 15.3 Å². The second-order valence-electron chi connectivity index (χ2n) is 2.62. The van der Waals surface area contributed by atoms with Crippen LogP contribution >= 0.6 is 0 Å². The van der Waals surface area contributed by atoms with Crippen LogP contribution in [0.2, 0.25) is 0 Å². The van der Waals surface area contributed by atoms with Gasteiger partial charge < -0.3 is 17.6 Å². The van der Waals surface area contributed by atoms with Gasteiger partial charge in [-0.15, -0.1) is 0 Å². The summed E-state index contributed by atoms with van der Waals surface area (Å²) in [6.07, 6.45) is 4.67. The normalized spacial score (nSPS) is 6.12. The van der Waals surface area contributed by atoms with E-state index in [1.807, 2.05) is 46.1 Å². The molecule has 0 saturated carbocycles. The zero-order valence-electron chi connectivity index (χ0n) is 12.0. The molecule has 0 heterocycles. The fourth-order valence-corrected chi connectivity index (χ4v) is 0.726. The van der Waals surface area contributed by atoms with Gasteiger partial charge in [-0.05, 0) is 12.1 Å². The molecule has 0 atom stereocenters. The average molecular weight is 310 g/mol. The monoisotopic (exact) mass is 310 g/mol. The van der Waals surface area contributed by atoms with Crippen LogP contribution in [0.1, 0.15) is 13.8 Å². The van der Waals surface area contributed by atoms with Gasteiger partial charge in [-0.1, -0.05) is 38.5 Å². The van der Waals surface area contributed by atoms with Crippen LogP contribution in [0.25, 0.3) is 0 Å². The predicted molar refractivity (Wildman–Crippen MR) is 76.4 cm³/mol. The summed E-state index contributed by atoms with van der Waals surface area (Å²) in [5, 5.41) is 2.46. The zero-order valence-corrected chi connectivity index (χ0v) is 14.8. The molecule has 0 aliphatic rings. The van der Waals surface area contributed by atoms with Crippen LogP contribution in [0.15, 0.2) is 30.3 Å². The maximum absolute atomic E-state index is 4.67. The van der Waals surface area contributed by atoms with E-state index in [1.165, 1.54) is 5.69 Å². The SMILES string of the molecule is C#CNC.CC.CN(C)c1ccccc1.[CH3-].[Y]. The third-order valence-corrected chi connectivity index (χ3v) is 1.42. The third kappa shape index (κ3) is 18.1. The Balaban J connectivity index is -0.0000000925. The molecule has 2 nitrogen and oxygen atoms in total. The third-order valence-electron chi connectivity index (χ3n) is 1.42. The molecule has 0 spiro atoms. The predicted octanol–water partition coefficient (Wildman–Crippen LogP) is 3.02. The minimum Gasteiger partial charge on any atom is -0.378 e. The molecule has 1 aromatic rings. The van der Waals surface area contributed by atoms with Crippen molar-refractivity contribution in [1.82, 2.24) is 5.32 Å². The van der Waals surface area contributed by atoms with Crippen molar-refractivity contribution in [1.29, 1.82) is 0 Å². The Morgan fingerprint density at radius 3 is 1.65 bits per heavy atom. The second-order valence-corrected chi connectivity index (χ2v) is 2.62. The molecular formula is C14H25N2Y-. The van der Waals surface area contributed by atoms with Crippen LogP contribution < -0.4 is 10.2 Å². The van der Waals surface area contributed by atoms with Crippen molar-refractivity contribution in [3.05, 3.63) is 37.8 Å². The van der Waals surface area contributed by atoms with Crippen LogP contribution in [0.4, 0.5) is 5.69 Å². The molecule has 1 N–H and O–H groups in total. The number of anilines is 1. The number of hydrogen-bond donors (Lipinski definition) is 1. The Kier molecular flexibility index (Phi) is 31.1. The van der Waals surface area contributed by atoms with Crippen LogP contribution in [0.5, 0.6) is 0 Å². The summed E-state index contributed by atoms with van der Waals surface area (Å²) in [6, 6.07) is 12.4. The summed E-state index contributed by atoms with van der Waals surface area (Å²) >= 11 is 0. The quantitative estimate of drug-likeness (QED) is 0.487. The van der Waals surface area contributed by atoms with E-state index in [-0.39, 0.29) is 40.1 Å². The first-order chi connectivity index (χ1) is 7.22. The first-order valence-corrected chi connectivity index (χ1v) is 5.07. The van der Waals surface area contributed by atoms with Gasteiger partial charge >= 0.3 is 0 Å². The summed E-state index contributed by atoms with van der Waals surface area (Å²) in [5.41, 5.74) is 1.25. The maximum Gasteiger partial charge on any atom is 0.0360 e. The summed E-state index contributed by atoms with van der Waals surface area (Å²) in [7, 11) is 5.77. The standard InChI is InChI=1S/C8H11N.C3H5N.C2H6.CH3.Y/c1-9(2)8-6-4-3-5-7-8;1-3-4-2;1-2;;/h3-7H,1-2H3;1,4H,2H3;1-2H3;1H3;/q;;;-1;. The molecule has 1 aromatic carbocycles. The minimum atomic E-state index is 0. The van der Waals surface area contributed by atoms with E-state index in [9.17, 15) is 0 Å². The van der Waals surface area contributed by atoms with Gasteiger partial charge in [0.25, 0.3) is 0 Å². The molecular weight excluding hydrogens is 285 g/mol. The Morgan fingerprint density at radius 1 is 1.12 bits per heavy atom. The molecule has 0 aliphatic heterocycles. The number of benzene rings is 1. The van der Waals surface area contributed by atoms with E-state index in [2.05, 4.69) is 34.8 Å². The summed E-state index contributed by atoms with van der Waals surface area (Å²) in [6.45, 7) is 4.00. The van der Waals surface area contributed by atoms with Crippen molar-refractivity contribution in [3.8, 4) is 12.5 Å². The minimum absolute atomic E-state index is 0. The number of nitrogens with zero attached hydrogens (tertiary/aromatic N) is 1. The molecule has 0 bridgehead atoms. The number of hydrogen-bond acceptors (Lipinski definition) is 2. The van der Waals surface area contributed by atoms with Crippen molar-refractivity contribution >= 4 is 5.69 Å². The van der Waals surface area contributed by atoms with Crippen molar-refractivity contribution in [3.63, 3.8) is 0 Å². The van der Waals surface area contributed by atoms with E-state index < -0.39 is 0 Å². The largest absolute Gasteiger partial charge is 0.378 e. The van der Waals surface area contributed by atoms with Crippen LogP contribution in [0, 0.1) is 19.9 Å². The fourth-order valence-electron chi connectivity index (χ4n) is 0.726. The Labute approximate surface area is 133 Å². The number of para-hydroxylation sites is 1. The Bertz CT molecular complexity index is 253. The van der Waals surface area contributed by atoms with Crippen LogP contribution in [-0.2, 0) is 32.7 Å². The molecule has 0 fully saturated rings. The Hall–Kier alpha value is -0.516. The van der Waals surface area contributed by atoms with Gasteiger partial charge in [0.15, 0.2) is 0 Å². The van der Waals surface area contributed by atoms with E-state index in [0.29, 0.717) is 0 Å². The summed E-state index contributed by atoms with van der Waals surface area (Å²) < 4.78 is 0. The number of rotatable bonds is 1. The molecule has 1 rings (SSSR count). The van der Waals surface area contributed by atoms with E-state index in [4.69, 9.17) is 0 Å². The number of terminal acetylenes is 1. The number of nitrogens with one attached hydrogen (secondary N) is 1. The molecule has 0 aromatic heterocycles. The van der Waals surface area contributed by atoms with Gasteiger partial charge in [-0.3, -0.25) is 0 Å². The van der Waals surface area contributed by atoms with Crippen molar-refractivity contribution in [2.75, 3.05) is 26.0 Å². The molecule has 1 radical (unpaired) electrons. The summed E-state index contributed by atoms with van der Waals surface area (Å²) in [5.74, 6) is 0. The van der Waals surface area contributed by atoms with Gasteiger partial charge in [-0.2, -0.15) is 0 Å². The van der Waals surface area contributed by atoms with E-state index >= 15 is 0 Å². The molecule has 0 amide bonds. The molecule has 0 aliphatic carbocycles. The van der Waals surface area contributed by atoms with Crippen molar-refractivity contribution < 1.29 is 32.7 Å². The summed E-state index contributed by atoms with van der Waals surface area (Å²) in [4.78, 5) is 2.08. The van der Waals surface area contributed by atoms with E-state index in [1.54, 1.807) is 7.05 Å². The van der Waals surface area contributed by atoms with Gasteiger partial charge in [0.1, 0.15) is 0 Å². The first kappa shape index (κ1) is 25.4. The van der Waals surface area contributed by atoms with Crippen molar-refractivity contribution in [2.24, 2.45) is 0 Å². The second kappa shape index (κ2) is 20.8. The van der Waals surface area contributed by atoms with E-state index in [0.717, 1.165) is 0 Å². The van der Waals surface area contributed by atoms with Gasteiger partial charge in [0.05, 0.1) is 0 Å². The molecule has 17 heavy (non-hydrogen) atoms.